The van der Waals surface area contributed by atoms with E-state index in [-0.39, 0.29) is 28.4 Å². The molecular formula is C12H17NO5S2. The van der Waals surface area contributed by atoms with Gasteiger partial charge in [0.25, 0.3) is 15.8 Å². The summed E-state index contributed by atoms with van der Waals surface area (Å²) in [7, 11) is -4.05. The number of nitro benzene ring substituents is 1. The van der Waals surface area contributed by atoms with Gasteiger partial charge in [-0.2, -0.15) is 21.0 Å². The highest BCUT2D eigenvalue weighted by Gasteiger charge is 2.25. The van der Waals surface area contributed by atoms with Gasteiger partial charge >= 0.3 is 0 Å². The number of rotatable bonds is 5. The van der Waals surface area contributed by atoms with Crippen LogP contribution in [0.4, 0.5) is 5.69 Å². The number of hydrogen-bond donors (Lipinski definition) is 1. The lowest BCUT2D eigenvalue weighted by Crippen LogP contribution is -2.19. The third-order valence-corrected chi connectivity index (χ3v) is 4.04. The Morgan fingerprint density at radius 1 is 1.35 bits per heavy atom. The normalized spacial score (nSPS) is 12.4. The van der Waals surface area contributed by atoms with E-state index in [0.717, 1.165) is 6.07 Å². The summed E-state index contributed by atoms with van der Waals surface area (Å²) >= 11 is 4.03. The zero-order valence-corrected chi connectivity index (χ0v) is 13.2. The largest absolute Gasteiger partial charge is 0.297 e. The number of thiol groups is 1. The maximum Gasteiger partial charge on any atom is 0.297 e. The lowest BCUT2D eigenvalue weighted by Gasteiger charge is -2.18. The average Bonchev–Trinajstić information content (AvgIpc) is 2.35. The topological polar surface area (TPSA) is 86.5 Å². The van der Waals surface area contributed by atoms with Crippen LogP contribution in [-0.4, -0.2) is 19.9 Å². The molecule has 0 aromatic heterocycles. The molecule has 20 heavy (non-hydrogen) atoms. The van der Waals surface area contributed by atoms with Crippen LogP contribution in [-0.2, 0) is 20.1 Å². The molecule has 6 nitrogen and oxygen atoms in total. The quantitative estimate of drug-likeness (QED) is 0.390. The number of non-ortho nitro benzene ring substituents is 1. The molecule has 0 N–H and O–H groups in total. The van der Waals surface area contributed by atoms with Crippen LogP contribution >= 0.6 is 12.6 Å². The molecule has 0 spiro atoms. The Kier molecular flexibility index (Phi) is 5.17. The molecule has 0 unspecified atom stereocenters. The lowest BCUT2D eigenvalue weighted by atomic mass is 9.99. The van der Waals surface area contributed by atoms with E-state index in [0.29, 0.717) is 5.56 Å². The molecule has 0 aliphatic heterocycles. The van der Waals surface area contributed by atoms with Crippen molar-refractivity contribution in [3.8, 4) is 0 Å². The van der Waals surface area contributed by atoms with Crippen molar-refractivity contribution in [1.82, 2.24) is 0 Å². The minimum absolute atomic E-state index is 0.00988. The molecule has 0 bridgehead atoms. The van der Waals surface area contributed by atoms with E-state index in [1.807, 2.05) is 20.8 Å². The Hall–Kier alpha value is -1.12. The number of hydrogen-bond acceptors (Lipinski definition) is 6. The van der Waals surface area contributed by atoms with E-state index in [4.69, 9.17) is 4.18 Å². The monoisotopic (exact) mass is 319 g/mol. The predicted octanol–water partition coefficient (Wildman–Crippen LogP) is 2.78. The molecule has 0 aliphatic carbocycles. The highest BCUT2D eigenvalue weighted by Crippen LogP contribution is 2.26. The molecule has 0 aliphatic rings. The molecule has 8 heteroatoms. The Morgan fingerprint density at radius 2 is 1.95 bits per heavy atom. The Morgan fingerprint density at radius 3 is 2.40 bits per heavy atom. The summed E-state index contributed by atoms with van der Waals surface area (Å²) in [5.41, 5.74) is -0.268. The van der Waals surface area contributed by atoms with Crippen LogP contribution in [0.15, 0.2) is 23.1 Å². The number of nitrogens with zero attached hydrogens (tertiary/aromatic N) is 1. The molecule has 0 saturated carbocycles. The fourth-order valence-electron chi connectivity index (χ4n) is 1.34. The number of nitro groups is 1. The van der Waals surface area contributed by atoms with Crippen molar-refractivity contribution < 1.29 is 17.5 Å². The maximum atomic E-state index is 12.2. The van der Waals surface area contributed by atoms with E-state index in [9.17, 15) is 18.5 Å². The van der Waals surface area contributed by atoms with Gasteiger partial charge in [-0.1, -0.05) is 20.8 Å². The smallest absolute Gasteiger partial charge is 0.266 e. The Balaban J connectivity index is 3.21. The first-order valence-electron chi connectivity index (χ1n) is 5.84. The van der Waals surface area contributed by atoms with Crippen molar-refractivity contribution in [2.45, 2.75) is 31.4 Å². The molecule has 1 aromatic carbocycles. The van der Waals surface area contributed by atoms with Gasteiger partial charge in [-0.15, -0.1) is 0 Å². The van der Waals surface area contributed by atoms with Crippen molar-refractivity contribution in [1.29, 1.82) is 0 Å². The summed E-state index contributed by atoms with van der Waals surface area (Å²) in [5.74, 6) is 0.144. The second kappa shape index (κ2) is 6.11. The highest BCUT2D eigenvalue weighted by molar-refractivity contribution is 7.87. The van der Waals surface area contributed by atoms with E-state index in [1.165, 1.54) is 12.1 Å². The predicted molar refractivity (Wildman–Crippen MR) is 78.4 cm³/mol. The molecule has 112 valence electrons. The van der Waals surface area contributed by atoms with Gasteiger partial charge in [-0.25, -0.2) is 0 Å². The van der Waals surface area contributed by atoms with Crippen LogP contribution in [0.2, 0.25) is 0 Å². The lowest BCUT2D eigenvalue weighted by molar-refractivity contribution is -0.385. The molecule has 0 radical (unpaired) electrons. The van der Waals surface area contributed by atoms with Gasteiger partial charge in [0, 0.05) is 17.9 Å². The third-order valence-electron chi connectivity index (χ3n) is 2.35. The van der Waals surface area contributed by atoms with Crippen molar-refractivity contribution in [2.24, 2.45) is 5.41 Å². The van der Waals surface area contributed by atoms with Crippen molar-refractivity contribution in [3.63, 3.8) is 0 Å². The van der Waals surface area contributed by atoms with Gasteiger partial charge in [0.1, 0.15) is 4.90 Å². The molecule has 1 rings (SSSR count). The van der Waals surface area contributed by atoms with Gasteiger partial charge in [0.15, 0.2) is 0 Å². The number of benzene rings is 1. The van der Waals surface area contributed by atoms with Crippen molar-refractivity contribution in [2.75, 3.05) is 6.61 Å². The Bertz CT molecular complexity index is 605. The third kappa shape index (κ3) is 4.46. The minimum Gasteiger partial charge on any atom is -0.266 e. The van der Waals surface area contributed by atoms with E-state index in [2.05, 4.69) is 12.6 Å². The summed E-state index contributed by atoms with van der Waals surface area (Å²) in [6.07, 6.45) is 0. The van der Waals surface area contributed by atoms with E-state index >= 15 is 0 Å². The van der Waals surface area contributed by atoms with Crippen LogP contribution in [0.25, 0.3) is 0 Å². The summed E-state index contributed by atoms with van der Waals surface area (Å²) < 4.78 is 29.3. The van der Waals surface area contributed by atoms with Crippen LogP contribution in [0.1, 0.15) is 26.3 Å². The van der Waals surface area contributed by atoms with Gasteiger partial charge in [-0.05, 0) is 17.0 Å². The van der Waals surface area contributed by atoms with Crippen molar-refractivity contribution in [3.05, 3.63) is 33.9 Å². The van der Waals surface area contributed by atoms with Gasteiger partial charge in [-0.3, -0.25) is 14.3 Å². The maximum absolute atomic E-state index is 12.2. The molecule has 0 atom stereocenters. The minimum atomic E-state index is -4.05. The first-order chi connectivity index (χ1) is 9.07. The summed E-state index contributed by atoms with van der Waals surface area (Å²) in [4.78, 5) is 9.90. The fraction of sp³-hybridized carbons (Fsp3) is 0.500. The van der Waals surface area contributed by atoms with Crippen LogP contribution in [0, 0.1) is 15.5 Å². The molecule has 0 heterocycles. The fourth-order valence-corrected chi connectivity index (χ4v) is 3.08. The van der Waals surface area contributed by atoms with Gasteiger partial charge in [0.2, 0.25) is 0 Å². The first-order valence-corrected chi connectivity index (χ1v) is 7.88. The Labute approximate surface area is 123 Å². The van der Waals surface area contributed by atoms with Crippen LogP contribution in [0.3, 0.4) is 0 Å². The standard InChI is InChI=1S/C12H17NO5S2/c1-12(2,3)8-18-20(16,17)11-6-10(13(14)15)5-4-9(11)7-19/h4-6,19H,7-8H2,1-3H3. The van der Waals surface area contributed by atoms with E-state index in [1.54, 1.807) is 0 Å². The van der Waals surface area contributed by atoms with Gasteiger partial charge < -0.3 is 0 Å². The van der Waals surface area contributed by atoms with E-state index < -0.39 is 15.0 Å². The second-order valence-corrected chi connectivity index (χ2v) is 7.38. The van der Waals surface area contributed by atoms with Crippen LogP contribution in [0.5, 0.6) is 0 Å². The van der Waals surface area contributed by atoms with Gasteiger partial charge in [0.05, 0.1) is 11.5 Å². The molecule has 0 saturated heterocycles. The zero-order chi connectivity index (χ0) is 15.6. The highest BCUT2D eigenvalue weighted by atomic mass is 32.2. The second-order valence-electron chi connectivity index (χ2n) is 5.48. The SMILES string of the molecule is CC(C)(C)COS(=O)(=O)c1cc([N+](=O)[O-])ccc1CS. The summed E-state index contributed by atoms with van der Waals surface area (Å²) in [5, 5.41) is 10.7. The molecule has 0 fully saturated rings. The molecule has 1 aromatic rings. The summed E-state index contributed by atoms with van der Waals surface area (Å²) in [6.45, 7) is 5.48. The van der Waals surface area contributed by atoms with Crippen molar-refractivity contribution >= 4 is 28.4 Å². The zero-order valence-electron chi connectivity index (χ0n) is 11.5. The molecular weight excluding hydrogens is 302 g/mol. The molecule has 0 amide bonds. The van der Waals surface area contributed by atoms with Crippen LogP contribution < -0.4 is 0 Å². The summed E-state index contributed by atoms with van der Waals surface area (Å²) in [6, 6.07) is 3.62. The first kappa shape index (κ1) is 16.9. The average molecular weight is 319 g/mol.